The number of alkyl halides is 3. The van der Waals surface area contributed by atoms with Crippen LogP contribution in [0.2, 0.25) is 0 Å². The van der Waals surface area contributed by atoms with Gasteiger partial charge in [0, 0.05) is 30.0 Å². The highest BCUT2D eigenvalue weighted by Crippen LogP contribution is 2.38. The van der Waals surface area contributed by atoms with Crippen molar-refractivity contribution in [2.24, 2.45) is 11.3 Å². The molecule has 0 saturated heterocycles. The van der Waals surface area contributed by atoms with Gasteiger partial charge in [0.2, 0.25) is 0 Å². The fourth-order valence-corrected chi connectivity index (χ4v) is 4.24. The Morgan fingerprint density at radius 2 is 1.74 bits per heavy atom. The third-order valence-electron chi connectivity index (χ3n) is 5.55. The van der Waals surface area contributed by atoms with Gasteiger partial charge in [-0.25, -0.2) is 0 Å². The molecule has 0 bridgehead atoms. The number of amides is 2. The van der Waals surface area contributed by atoms with Gasteiger partial charge in [-0.1, -0.05) is 25.3 Å². The molecule has 0 atom stereocenters. The first-order valence-electron chi connectivity index (χ1n) is 9.92. The van der Waals surface area contributed by atoms with Crippen LogP contribution in [-0.2, 0) is 6.18 Å². The molecule has 2 aromatic heterocycles. The zero-order valence-corrected chi connectivity index (χ0v) is 18.2. The first kappa shape index (κ1) is 23.1. The van der Waals surface area contributed by atoms with Crippen molar-refractivity contribution >= 4 is 28.3 Å². The molecule has 31 heavy (non-hydrogen) atoms. The molecule has 3 rings (SSSR count). The number of anilines is 1. The summed E-state index contributed by atoms with van der Waals surface area (Å²) < 4.78 is 42.2. The molecule has 2 heterocycles. The molecular weight excluding hydrogens is 431 g/mol. The Morgan fingerprint density at radius 3 is 2.35 bits per heavy atom. The number of nitrogens with one attached hydrogen (secondary N) is 2. The Balaban J connectivity index is 1.63. The van der Waals surface area contributed by atoms with E-state index < -0.39 is 23.6 Å². The first-order chi connectivity index (χ1) is 14.4. The van der Waals surface area contributed by atoms with Gasteiger partial charge in [0.05, 0.1) is 11.1 Å². The molecule has 2 aromatic rings. The number of hydrogen-bond donors (Lipinski definition) is 2. The van der Waals surface area contributed by atoms with Crippen LogP contribution in [0.25, 0.3) is 0 Å². The predicted molar refractivity (Wildman–Crippen MR) is 110 cm³/mol. The maximum absolute atomic E-state index is 12.8. The van der Waals surface area contributed by atoms with Gasteiger partial charge >= 0.3 is 6.18 Å². The van der Waals surface area contributed by atoms with E-state index in [1.165, 1.54) is 0 Å². The molecule has 1 fully saturated rings. The zero-order valence-electron chi connectivity index (χ0n) is 17.4. The van der Waals surface area contributed by atoms with E-state index in [9.17, 15) is 22.8 Å². The van der Waals surface area contributed by atoms with E-state index in [2.05, 4.69) is 46.0 Å². The van der Waals surface area contributed by atoms with Gasteiger partial charge in [-0.2, -0.15) is 13.2 Å². The minimum Gasteiger partial charge on any atom is -0.348 e. The van der Waals surface area contributed by atoms with E-state index in [1.807, 2.05) is 0 Å². The van der Waals surface area contributed by atoms with E-state index in [-0.39, 0.29) is 27.7 Å². The van der Waals surface area contributed by atoms with Crippen LogP contribution >= 0.6 is 11.5 Å². The lowest BCUT2D eigenvalue weighted by molar-refractivity contribution is -0.137. The van der Waals surface area contributed by atoms with Crippen LogP contribution in [0, 0.1) is 11.3 Å². The number of nitrogens with zero attached hydrogens (tertiary/aromatic N) is 3. The average Bonchev–Trinajstić information content (AvgIpc) is 3.15. The third kappa shape index (κ3) is 5.78. The molecule has 2 amide bonds. The Bertz CT molecular complexity index is 947. The Kier molecular flexibility index (Phi) is 6.63. The molecule has 1 aliphatic carbocycles. The van der Waals surface area contributed by atoms with Crippen LogP contribution in [0.4, 0.5) is 18.2 Å². The summed E-state index contributed by atoms with van der Waals surface area (Å²) in [6, 6.07) is 0.702. The van der Waals surface area contributed by atoms with Crippen molar-refractivity contribution in [3.63, 3.8) is 0 Å². The van der Waals surface area contributed by atoms with Crippen LogP contribution in [0.3, 0.4) is 0 Å². The maximum atomic E-state index is 12.8. The highest BCUT2D eigenvalue weighted by molar-refractivity contribution is 7.10. The second-order valence-electron chi connectivity index (χ2n) is 8.75. The summed E-state index contributed by atoms with van der Waals surface area (Å²) in [6.07, 6.45) is 0.759. The smallest absolute Gasteiger partial charge is 0.348 e. The predicted octanol–water partition coefficient (Wildman–Crippen LogP) is 4.54. The minimum atomic E-state index is -4.62. The fraction of sp³-hybridized carbons (Fsp3) is 0.550. The van der Waals surface area contributed by atoms with Crippen molar-refractivity contribution in [1.29, 1.82) is 0 Å². The van der Waals surface area contributed by atoms with Crippen LogP contribution in [0.15, 0.2) is 18.5 Å². The Hall–Kier alpha value is -2.56. The van der Waals surface area contributed by atoms with E-state index in [1.54, 1.807) is 0 Å². The Labute approximate surface area is 182 Å². The molecule has 0 aliphatic heterocycles. The summed E-state index contributed by atoms with van der Waals surface area (Å²) in [5.74, 6) is -0.702. The molecule has 1 aliphatic rings. The summed E-state index contributed by atoms with van der Waals surface area (Å²) in [7, 11) is 0. The normalized spacial score (nSPS) is 19.7. The molecule has 0 radical (unpaired) electrons. The van der Waals surface area contributed by atoms with Crippen LogP contribution in [0.1, 0.15) is 72.9 Å². The van der Waals surface area contributed by atoms with Crippen molar-refractivity contribution in [3.05, 3.63) is 35.3 Å². The fourth-order valence-electron chi connectivity index (χ4n) is 3.67. The number of halogens is 3. The summed E-state index contributed by atoms with van der Waals surface area (Å²) in [6.45, 7) is 6.64. The topological polar surface area (TPSA) is 96.9 Å². The lowest BCUT2D eigenvalue weighted by Gasteiger charge is -2.37. The van der Waals surface area contributed by atoms with Crippen molar-refractivity contribution in [1.82, 2.24) is 19.9 Å². The van der Waals surface area contributed by atoms with Gasteiger partial charge in [-0.15, -0.1) is 5.10 Å². The van der Waals surface area contributed by atoms with Crippen LogP contribution < -0.4 is 10.6 Å². The summed E-state index contributed by atoms with van der Waals surface area (Å²) in [5, 5.41) is 9.20. The quantitative estimate of drug-likeness (QED) is 0.706. The lowest BCUT2D eigenvalue weighted by Crippen LogP contribution is -2.39. The molecule has 0 aromatic carbocycles. The summed E-state index contributed by atoms with van der Waals surface area (Å²) >= 11 is 0.780. The highest BCUT2D eigenvalue weighted by atomic mass is 32.1. The molecule has 168 valence electrons. The molecule has 7 nitrogen and oxygen atoms in total. The van der Waals surface area contributed by atoms with Crippen LogP contribution in [0.5, 0.6) is 0 Å². The number of carbonyl (C=O) groups excluding carboxylic acids is 2. The van der Waals surface area contributed by atoms with Gasteiger partial charge < -0.3 is 10.6 Å². The number of rotatable bonds is 4. The third-order valence-corrected chi connectivity index (χ3v) is 6.19. The lowest BCUT2D eigenvalue weighted by atomic mass is 9.71. The standard InChI is InChI=1S/C20H24F3N5O2S/c1-19(2,3)12-4-6-14(7-5-12)25-17(30)15-18(31-28-27-15)26-16(29)11-8-13(10-24-9-11)20(21,22)23/h8-10,12,14H,4-7H2,1-3H3,(H,25,30)(H,26,29). The van der Waals surface area contributed by atoms with Crippen molar-refractivity contribution in [2.75, 3.05) is 5.32 Å². The van der Waals surface area contributed by atoms with Crippen LogP contribution in [-0.4, -0.2) is 32.4 Å². The van der Waals surface area contributed by atoms with Crippen molar-refractivity contribution < 1.29 is 22.8 Å². The number of pyridine rings is 1. The molecule has 2 N–H and O–H groups in total. The van der Waals surface area contributed by atoms with Gasteiger partial charge in [-0.05, 0) is 43.1 Å². The SMILES string of the molecule is CC(C)(C)C1CCC(NC(=O)c2nnsc2NC(=O)c2cncc(C(F)(F)F)c2)CC1. The van der Waals surface area contributed by atoms with Gasteiger partial charge in [-0.3, -0.25) is 14.6 Å². The van der Waals surface area contributed by atoms with E-state index in [4.69, 9.17) is 0 Å². The van der Waals surface area contributed by atoms with Crippen molar-refractivity contribution in [2.45, 2.75) is 58.7 Å². The second kappa shape index (κ2) is 8.89. The minimum absolute atomic E-state index is 0.00372. The summed E-state index contributed by atoms with van der Waals surface area (Å²) in [5.41, 5.74) is -1.15. The number of aromatic nitrogens is 3. The highest BCUT2D eigenvalue weighted by Gasteiger charge is 2.33. The second-order valence-corrected chi connectivity index (χ2v) is 9.51. The maximum Gasteiger partial charge on any atom is 0.417 e. The largest absolute Gasteiger partial charge is 0.417 e. The Morgan fingerprint density at radius 1 is 1.06 bits per heavy atom. The van der Waals surface area contributed by atoms with E-state index in [0.29, 0.717) is 18.2 Å². The molecule has 0 spiro atoms. The monoisotopic (exact) mass is 455 g/mol. The van der Waals surface area contributed by atoms with Crippen molar-refractivity contribution in [3.8, 4) is 0 Å². The zero-order chi connectivity index (χ0) is 22.8. The van der Waals surface area contributed by atoms with Gasteiger partial charge in [0.15, 0.2) is 5.69 Å². The molecule has 1 saturated carbocycles. The van der Waals surface area contributed by atoms with Gasteiger partial charge in [0.25, 0.3) is 11.8 Å². The average molecular weight is 456 g/mol. The molecule has 11 heteroatoms. The molecule has 0 unspecified atom stereocenters. The molecular formula is C20H24F3N5O2S. The van der Waals surface area contributed by atoms with Gasteiger partial charge in [0.1, 0.15) is 5.00 Å². The summed E-state index contributed by atoms with van der Waals surface area (Å²) in [4.78, 5) is 28.5. The number of carbonyl (C=O) groups is 2. The number of hydrogen-bond acceptors (Lipinski definition) is 6. The van der Waals surface area contributed by atoms with E-state index >= 15 is 0 Å². The first-order valence-corrected chi connectivity index (χ1v) is 10.7. The van der Waals surface area contributed by atoms with E-state index in [0.717, 1.165) is 43.4 Å².